The lowest BCUT2D eigenvalue weighted by atomic mass is 9.93. The van der Waals surface area contributed by atoms with E-state index in [0.717, 1.165) is 48.8 Å². The van der Waals surface area contributed by atoms with Gasteiger partial charge in [-0.15, -0.1) is 0 Å². The summed E-state index contributed by atoms with van der Waals surface area (Å²) in [7, 11) is 0. The van der Waals surface area contributed by atoms with Crippen LogP contribution >= 0.6 is 0 Å². The van der Waals surface area contributed by atoms with Crippen molar-refractivity contribution in [1.29, 1.82) is 0 Å². The lowest BCUT2D eigenvalue weighted by molar-refractivity contribution is -0.127. The van der Waals surface area contributed by atoms with Crippen LogP contribution in [0.4, 0.5) is 14.5 Å². The molecule has 2 aromatic rings. The molecule has 0 radical (unpaired) electrons. The molecule has 1 aromatic heterocycles. The van der Waals surface area contributed by atoms with E-state index < -0.39 is 17.6 Å². The molecule has 0 bridgehead atoms. The first-order valence-corrected chi connectivity index (χ1v) is 8.64. The Morgan fingerprint density at radius 1 is 1.23 bits per heavy atom. The average Bonchev–Trinajstić information content (AvgIpc) is 3.21. The minimum Gasteiger partial charge on any atom is -0.469 e. The third kappa shape index (κ3) is 3.09. The van der Waals surface area contributed by atoms with Gasteiger partial charge in [-0.2, -0.15) is 0 Å². The van der Waals surface area contributed by atoms with Gasteiger partial charge in [0.25, 0.3) is 0 Å². The van der Waals surface area contributed by atoms with E-state index in [0.29, 0.717) is 0 Å². The molecule has 1 aliphatic heterocycles. The van der Waals surface area contributed by atoms with Crippen LogP contribution < -0.4 is 10.2 Å². The number of carbonyl (C=O) groups excluding carboxylic acids is 2. The van der Waals surface area contributed by atoms with Crippen LogP contribution in [0.15, 0.2) is 34.9 Å². The van der Waals surface area contributed by atoms with Crippen LogP contribution in [-0.4, -0.2) is 18.4 Å². The van der Waals surface area contributed by atoms with Gasteiger partial charge in [0, 0.05) is 36.7 Å². The minimum absolute atomic E-state index is 0.0227. The normalized spacial score (nSPS) is 22.4. The number of hydrogen-bond donors (Lipinski definition) is 1. The highest BCUT2D eigenvalue weighted by Crippen LogP contribution is 2.32. The fourth-order valence-corrected chi connectivity index (χ4v) is 3.75. The summed E-state index contributed by atoms with van der Waals surface area (Å²) in [6.45, 7) is 0.110. The number of benzene rings is 1. The van der Waals surface area contributed by atoms with Crippen LogP contribution in [-0.2, 0) is 16.0 Å². The number of furan rings is 1. The summed E-state index contributed by atoms with van der Waals surface area (Å²) in [5.74, 6) is -1.71. The molecular weight excluding hydrogens is 342 g/mol. The van der Waals surface area contributed by atoms with Crippen molar-refractivity contribution in [2.75, 3.05) is 11.4 Å². The molecule has 1 aliphatic carbocycles. The van der Waals surface area contributed by atoms with Crippen LogP contribution in [0.25, 0.3) is 0 Å². The van der Waals surface area contributed by atoms with E-state index in [9.17, 15) is 18.4 Å². The average molecular weight is 360 g/mol. The molecule has 2 atom stereocenters. The molecule has 136 valence electrons. The van der Waals surface area contributed by atoms with Crippen molar-refractivity contribution >= 4 is 17.5 Å². The maximum atomic E-state index is 13.4. The number of halogens is 2. The van der Waals surface area contributed by atoms with Crippen LogP contribution in [0.5, 0.6) is 0 Å². The number of amides is 2. The predicted octanol–water partition coefficient (Wildman–Crippen LogP) is 3.10. The van der Waals surface area contributed by atoms with E-state index >= 15 is 0 Å². The quantitative estimate of drug-likeness (QED) is 0.915. The van der Waals surface area contributed by atoms with Crippen molar-refractivity contribution in [3.63, 3.8) is 0 Å². The van der Waals surface area contributed by atoms with Gasteiger partial charge in [-0.1, -0.05) is 0 Å². The van der Waals surface area contributed by atoms with Gasteiger partial charge < -0.3 is 14.6 Å². The molecule has 7 heteroatoms. The van der Waals surface area contributed by atoms with E-state index in [1.807, 2.05) is 6.07 Å². The number of anilines is 1. The molecule has 2 heterocycles. The largest absolute Gasteiger partial charge is 0.469 e. The van der Waals surface area contributed by atoms with Crippen LogP contribution in [0.3, 0.4) is 0 Å². The molecule has 26 heavy (non-hydrogen) atoms. The molecule has 0 spiro atoms. The summed E-state index contributed by atoms with van der Waals surface area (Å²) in [5, 5.41) is 2.99. The number of fused-ring (bicyclic) bond motifs is 1. The Labute approximate surface area is 149 Å². The molecule has 5 nitrogen and oxygen atoms in total. The third-order valence-corrected chi connectivity index (χ3v) is 5.02. The molecule has 2 aliphatic rings. The summed E-state index contributed by atoms with van der Waals surface area (Å²) < 4.78 is 32.3. The number of nitrogens with one attached hydrogen (secondary N) is 1. The number of hydrogen-bond acceptors (Lipinski definition) is 3. The fraction of sp³-hybridized carbons (Fsp3) is 0.368. The van der Waals surface area contributed by atoms with Crippen molar-refractivity contribution in [2.24, 2.45) is 5.92 Å². The SMILES string of the molecule is O=C(N[C@@H]1CCCc2occc21)[C@@H]1CC(=O)N(c2cc(F)cc(F)c2)C1. The first kappa shape index (κ1) is 16.8. The summed E-state index contributed by atoms with van der Waals surface area (Å²) in [4.78, 5) is 26.1. The van der Waals surface area contributed by atoms with Gasteiger partial charge in [-0.3, -0.25) is 9.59 Å². The fourth-order valence-electron chi connectivity index (χ4n) is 3.75. The first-order chi connectivity index (χ1) is 12.5. The van der Waals surface area contributed by atoms with Crippen molar-refractivity contribution in [3.05, 3.63) is 53.5 Å². The van der Waals surface area contributed by atoms with Crippen LogP contribution in [0, 0.1) is 17.6 Å². The van der Waals surface area contributed by atoms with E-state index in [2.05, 4.69) is 5.32 Å². The van der Waals surface area contributed by atoms with Gasteiger partial charge in [-0.05, 0) is 31.0 Å². The van der Waals surface area contributed by atoms with Crippen molar-refractivity contribution in [2.45, 2.75) is 31.7 Å². The lowest BCUT2D eigenvalue weighted by Gasteiger charge is -2.24. The Bertz CT molecular complexity index is 844. The maximum Gasteiger partial charge on any atom is 0.227 e. The molecule has 1 saturated heterocycles. The van der Waals surface area contributed by atoms with E-state index in [1.54, 1.807) is 6.26 Å². The standard InChI is InChI=1S/C19H18F2N2O3/c20-12-7-13(21)9-14(8-12)23-10-11(6-18(23)24)19(25)22-16-2-1-3-17-15(16)4-5-26-17/h4-5,7-9,11,16H,1-3,6,10H2,(H,22,25)/t11-,16-/m1/s1. The monoisotopic (exact) mass is 360 g/mol. The maximum absolute atomic E-state index is 13.4. The first-order valence-electron chi connectivity index (χ1n) is 8.64. The van der Waals surface area contributed by atoms with Gasteiger partial charge in [0.1, 0.15) is 17.4 Å². The summed E-state index contributed by atoms with van der Waals surface area (Å²) >= 11 is 0. The number of aryl methyl sites for hydroxylation is 1. The summed E-state index contributed by atoms with van der Waals surface area (Å²) in [6, 6.07) is 4.68. The van der Waals surface area contributed by atoms with E-state index in [1.165, 1.54) is 4.90 Å². The van der Waals surface area contributed by atoms with E-state index in [4.69, 9.17) is 4.42 Å². The Morgan fingerprint density at radius 2 is 2.00 bits per heavy atom. The van der Waals surface area contributed by atoms with Crippen molar-refractivity contribution < 1.29 is 22.8 Å². The van der Waals surface area contributed by atoms with Crippen LogP contribution in [0.2, 0.25) is 0 Å². The predicted molar refractivity (Wildman–Crippen MR) is 89.3 cm³/mol. The Morgan fingerprint density at radius 3 is 2.77 bits per heavy atom. The van der Waals surface area contributed by atoms with Gasteiger partial charge in [0.15, 0.2) is 0 Å². The second kappa shape index (κ2) is 6.55. The minimum atomic E-state index is -0.754. The lowest BCUT2D eigenvalue weighted by Crippen LogP contribution is -2.36. The van der Waals surface area contributed by atoms with Gasteiger partial charge in [0.2, 0.25) is 11.8 Å². The Balaban J connectivity index is 1.46. The van der Waals surface area contributed by atoms with Gasteiger partial charge in [0.05, 0.1) is 18.2 Å². The van der Waals surface area contributed by atoms with Crippen LogP contribution in [0.1, 0.15) is 36.6 Å². The van der Waals surface area contributed by atoms with E-state index in [-0.39, 0.29) is 36.5 Å². The molecule has 4 rings (SSSR count). The molecule has 2 amide bonds. The number of rotatable bonds is 3. The Kier molecular flexibility index (Phi) is 4.22. The third-order valence-electron chi connectivity index (χ3n) is 5.02. The number of carbonyl (C=O) groups is 2. The number of nitrogens with zero attached hydrogens (tertiary/aromatic N) is 1. The zero-order valence-electron chi connectivity index (χ0n) is 14.0. The second-order valence-corrected chi connectivity index (χ2v) is 6.79. The smallest absolute Gasteiger partial charge is 0.227 e. The van der Waals surface area contributed by atoms with Crippen molar-refractivity contribution in [1.82, 2.24) is 5.32 Å². The highest BCUT2D eigenvalue weighted by molar-refractivity contribution is 6.00. The zero-order chi connectivity index (χ0) is 18.3. The molecule has 1 aromatic carbocycles. The summed E-state index contributed by atoms with van der Waals surface area (Å²) in [5.41, 5.74) is 1.12. The second-order valence-electron chi connectivity index (χ2n) is 6.79. The highest BCUT2D eigenvalue weighted by atomic mass is 19.1. The highest BCUT2D eigenvalue weighted by Gasteiger charge is 2.37. The molecular formula is C19H18F2N2O3. The Hall–Kier alpha value is -2.70. The summed E-state index contributed by atoms with van der Waals surface area (Å²) in [6.07, 6.45) is 4.24. The molecule has 1 N–H and O–H groups in total. The zero-order valence-corrected chi connectivity index (χ0v) is 14.0. The molecule has 0 unspecified atom stereocenters. The molecule has 1 fully saturated rings. The van der Waals surface area contributed by atoms with Gasteiger partial charge in [-0.25, -0.2) is 8.78 Å². The topological polar surface area (TPSA) is 62.6 Å². The molecule has 0 saturated carbocycles. The van der Waals surface area contributed by atoms with Crippen molar-refractivity contribution in [3.8, 4) is 0 Å². The van der Waals surface area contributed by atoms with Gasteiger partial charge >= 0.3 is 0 Å².